The highest BCUT2D eigenvalue weighted by molar-refractivity contribution is 6.02. The molecule has 0 unspecified atom stereocenters. The van der Waals surface area contributed by atoms with E-state index in [1.165, 1.54) is 12.1 Å². The number of methoxy groups -OCH3 is 1. The van der Waals surface area contributed by atoms with E-state index < -0.39 is 4.92 Å². The van der Waals surface area contributed by atoms with Crippen molar-refractivity contribution in [2.45, 2.75) is 6.42 Å². The highest BCUT2D eigenvalue weighted by Gasteiger charge is 2.18. The molecular weight excluding hydrogens is 310 g/mol. The molecule has 0 amide bonds. The van der Waals surface area contributed by atoms with Gasteiger partial charge in [-0.2, -0.15) is 0 Å². The maximum atomic E-state index is 10.8. The van der Waals surface area contributed by atoms with Gasteiger partial charge in [0.25, 0.3) is 5.69 Å². The zero-order chi connectivity index (χ0) is 16.9. The van der Waals surface area contributed by atoms with Crippen LogP contribution < -0.4 is 14.8 Å². The molecule has 7 nitrogen and oxygen atoms in total. The van der Waals surface area contributed by atoms with E-state index in [1.807, 2.05) is 12.1 Å². The zero-order valence-electron chi connectivity index (χ0n) is 13.2. The van der Waals surface area contributed by atoms with Crippen LogP contribution in [0.4, 0.5) is 5.69 Å². The second kappa shape index (κ2) is 6.99. The lowest BCUT2D eigenvalue weighted by atomic mass is 10.1. The number of ether oxygens (including phenoxy) is 2. The second-order valence-electron chi connectivity index (χ2n) is 5.20. The first-order chi connectivity index (χ1) is 11.7. The molecule has 0 atom stereocenters. The van der Waals surface area contributed by atoms with Crippen LogP contribution >= 0.6 is 0 Å². The fourth-order valence-electron chi connectivity index (χ4n) is 2.44. The highest BCUT2D eigenvalue weighted by atomic mass is 16.6. The van der Waals surface area contributed by atoms with Crippen molar-refractivity contribution in [3.63, 3.8) is 0 Å². The van der Waals surface area contributed by atoms with Gasteiger partial charge in [-0.05, 0) is 30.7 Å². The van der Waals surface area contributed by atoms with Crippen LogP contribution in [0.3, 0.4) is 0 Å². The number of benzene rings is 2. The summed E-state index contributed by atoms with van der Waals surface area (Å²) < 4.78 is 11.3. The van der Waals surface area contributed by atoms with Gasteiger partial charge >= 0.3 is 0 Å². The topological polar surface area (TPSA) is 86.0 Å². The number of hydrogen-bond acceptors (Lipinski definition) is 6. The zero-order valence-corrected chi connectivity index (χ0v) is 13.2. The normalized spacial score (nSPS) is 13.6. The predicted molar refractivity (Wildman–Crippen MR) is 90.2 cm³/mol. The van der Waals surface area contributed by atoms with Crippen LogP contribution in [0.2, 0.25) is 0 Å². The quantitative estimate of drug-likeness (QED) is 0.673. The standard InChI is InChI=1S/C17H17N3O4/c1-23-15-5-2-4-14(17-18-10-3-11-19-17)16(15)24-13-8-6-12(7-9-13)20(21)22/h2,4-9H,3,10-11H2,1H3,(H,18,19). The third-order valence-corrected chi connectivity index (χ3v) is 3.62. The Morgan fingerprint density at radius 2 is 2.00 bits per heavy atom. The maximum Gasteiger partial charge on any atom is 0.269 e. The summed E-state index contributed by atoms with van der Waals surface area (Å²) in [5.74, 6) is 2.35. The molecule has 0 aromatic heterocycles. The van der Waals surface area contributed by atoms with E-state index in [-0.39, 0.29) is 5.69 Å². The minimum absolute atomic E-state index is 0.0147. The number of nitro groups is 1. The molecule has 0 aliphatic carbocycles. The molecule has 124 valence electrons. The van der Waals surface area contributed by atoms with Gasteiger partial charge < -0.3 is 14.8 Å². The molecule has 3 rings (SSSR count). The monoisotopic (exact) mass is 327 g/mol. The van der Waals surface area contributed by atoms with Gasteiger partial charge in [-0.15, -0.1) is 0 Å². The lowest BCUT2D eigenvalue weighted by Gasteiger charge is -2.19. The summed E-state index contributed by atoms with van der Waals surface area (Å²) in [6.45, 7) is 1.61. The number of non-ortho nitro benzene ring substituents is 1. The smallest absolute Gasteiger partial charge is 0.269 e. The van der Waals surface area contributed by atoms with Gasteiger partial charge in [0.2, 0.25) is 0 Å². The van der Waals surface area contributed by atoms with Crippen molar-refractivity contribution in [2.24, 2.45) is 4.99 Å². The van der Waals surface area contributed by atoms with Crippen LogP contribution in [0.25, 0.3) is 0 Å². The summed E-state index contributed by atoms with van der Waals surface area (Å²) in [6.07, 6.45) is 0.992. The third kappa shape index (κ3) is 3.29. The lowest BCUT2D eigenvalue weighted by Crippen LogP contribution is -2.30. The van der Waals surface area contributed by atoms with E-state index in [9.17, 15) is 10.1 Å². The number of aliphatic imine (C=N–C) groups is 1. The molecule has 2 aromatic carbocycles. The van der Waals surface area contributed by atoms with Crippen molar-refractivity contribution in [3.05, 3.63) is 58.1 Å². The number of nitrogens with one attached hydrogen (secondary N) is 1. The van der Waals surface area contributed by atoms with Gasteiger partial charge in [-0.1, -0.05) is 6.07 Å². The van der Waals surface area contributed by atoms with Crippen molar-refractivity contribution < 1.29 is 14.4 Å². The Labute approximate surface area is 139 Å². The highest BCUT2D eigenvalue weighted by Crippen LogP contribution is 2.35. The van der Waals surface area contributed by atoms with E-state index in [4.69, 9.17) is 9.47 Å². The molecule has 1 N–H and O–H groups in total. The third-order valence-electron chi connectivity index (χ3n) is 3.62. The molecule has 7 heteroatoms. The maximum absolute atomic E-state index is 10.8. The average Bonchev–Trinajstić information content (AvgIpc) is 2.63. The minimum Gasteiger partial charge on any atom is -0.493 e. The summed E-state index contributed by atoms with van der Waals surface area (Å²) >= 11 is 0. The van der Waals surface area contributed by atoms with Gasteiger partial charge in [-0.3, -0.25) is 15.1 Å². The van der Waals surface area contributed by atoms with Crippen molar-refractivity contribution in [1.29, 1.82) is 0 Å². The van der Waals surface area contributed by atoms with E-state index in [0.717, 1.165) is 30.9 Å². The number of amidine groups is 1. The lowest BCUT2D eigenvalue weighted by molar-refractivity contribution is -0.384. The van der Waals surface area contributed by atoms with E-state index in [1.54, 1.807) is 25.3 Å². The van der Waals surface area contributed by atoms with Crippen molar-refractivity contribution in [2.75, 3.05) is 20.2 Å². The number of para-hydroxylation sites is 1. The van der Waals surface area contributed by atoms with E-state index >= 15 is 0 Å². The molecule has 1 heterocycles. The van der Waals surface area contributed by atoms with E-state index in [0.29, 0.717) is 17.2 Å². The van der Waals surface area contributed by atoms with Crippen LogP contribution in [0.15, 0.2) is 47.5 Å². The van der Waals surface area contributed by atoms with Crippen LogP contribution in [0, 0.1) is 10.1 Å². The summed E-state index contributed by atoms with van der Waals surface area (Å²) in [5, 5.41) is 14.0. The van der Waals surface area contributed by atoms with Gasteiger partial charge in [0.1, 0.15) is 11.6 Å². The van der Waals surface area contributed by atoms with Gasteiger partial charge in [0.15, 0.2) is 11.5 Å². The van der Waals surface area contributed by atoms with Gasteiger partial charge in [0, 0.05) is 25.2 Å². The van der Waals surface area contributed by atoms with Crippen molar-refractivity contribution in [1.82, 2.24) is 5.32 Å². The first kappa shape index (κ1) is 15.8. The van der Waals surface area contributed by atoms with E-state index in [2.05, 4.69) is 10.3 Å². The number of rotatable bonds is 5. The van der Waals surface area contributed by atoms with Gasteiger partial charge in [0.05, 0.1) is 17.6 Å². The largest absolute Gasteiger partial charge is 0.493 e. The van der Waals surface area contributed by atoms with Crippen LogP contribution in [-0.2, 0) is 0 Å². The molecule has 1 aliphatic rings. The molecule has 0 spiro atoms. The number of nitro benzene ring substituents is 1. The first-order valence-corrected chi connectivity index (χ1v) is 7.57. The summed E-state index contributed by atoms with van der Waals surface area (Å²) in [5.41, 5.74) is 0.813. The van der Waals surface area contributed by atoms with Gasteiger partial charge in [-0.25, -0.2) is 0 Å². The minimum atomic E-state index is -0.445. The van der Waals surface area contributed by atoms with Crippen LogP contribution in [0.5, 0.6) is 17.2 Å². The molecule has 24 heavy (non-hydrogen) atoms. The Hall–Kier alpha value is -3.09. The van der Waals surface area contributed by atoms with Crippen molar-refractivity contribution >= 4 is 11.5 Å². The fraction of sp³-hybridized carbons (Fsp3) is 0.235. The SMILES string of the molecule is COc1cccc(C2=NCCCN2)c1Oc1ccc([N+](=O)[O-])cc1. The Morgan fingerprint density at radius 3 is 2.62 bits per heavy atom. The van der Waals surface area contributed by atoms with Crippen LogP contribution in [0.1, 0.15) is 12.0 Å². The summed E-state index contributed by atoms with van der Waals surface area (Å²) in [7, 11) is 1.57. The predicted octanol–water partition coefficient (Wildman–Crippen LogP) is 3.14. The Bertz CT molecular complexity index is 772. The second-order valence-corrected chi connectivity index (χ2v) is 5.20. The summed E-state index contributed by atoms with van der Waals surface area (Å²) in [4.78, 5) is 14.8. The average molecular weight is 327 g/mol. The van der Waals surface area contributed by atoms with Crippen LogP contribution in [-0.4, -0.2) is 31.0 Å². The molecule has 0 bridgehead atoms. The molecule has 2 aromatic rings. The molecule has 0 saturated carbocycles. The first-order valence-electron chi connectivity index (χ1n) is 7.57. The molecule has 0 fully saturated rings. The Kier molecular flexibility index (Phi) is 4.60. The Morgan fingerprint density at radius 1 is 1.21 bits per heavy atom. The summed E-state index contributed by atoms with van der Waals surface area (Å²) in [6, 6.07) is 11.5. The number of hydrogen-bond donors (Lipinski definition) is 1. The fourth-order valence-corrected chi connectivity index (χ4v) is 2.44. The molecule has 1 aliphatic heterocycles. The number of nitrogens with zero attached hydrogens (tertiary/aromatic N) is 2. The Balaban J connectivity index is 1.96. The van der Waals surface area contributed by atoms with Crippen molar-refractivity contribution in [3.8, 4) is 17.2 Å². The molecule has 0 saturated heterocycles. The molecule has 0 radical (unpaired) electrons. The molecular formula is C17H17N3O4.